The van der Waals surface area contributed by atoms with E-state index >= 15 is 0 Å². The molecule has 1 aromatic carbocycles. The van der Waals surface area contributed by atoms with Gasteiger partial charge in [-0.2, -0.15) is 0 Å². The van der Waals surface area contributed by atoms with Crippen molar-refractivity contribution in [2.75, 3.05) is 18.0 Å². The van der Waals surface area contributed by atoms with E-state index in [1.54, 1.807) is 0 Å². The number of anilines is 1. The molecular weight excluding hydrogens is 192 g/mol. The van der Waals surface area contributed by atoms with E-state index < -0.39 is 12.0 Å². The summed E-state index contributed by atoms with van der Waals surface area (Å²) in [6, 6.07) is 7.08. The first-order chi connectivity index (χ1) is 7.16. The van der Waals surface area contributed by atoms with Gasteiger partial charge >= 0.3 is 5.97 Å². The van der Waals surface area contributed by atoms with Crippen molar-refractivity contribution >= 4 is 11.7 Å². The summed E-state index contributed by atoms with van der Waals surface area (Å²) in [6.45, 7) is 2.18. The molecule has 0 aliphatic carbocycles. The van der Waals surface area contributed by atoms with Crippen LogP contribution < -0.4 is 10.6 Å². The molecule has 1 heterocycles. The standard InChI is InChI=1S/C11H14N2O2/c12-10(11(14)15)7-8-2-1-3-9(6-8)13-4-5-13/h1-3,6,10H,4-5,7,12H2,(H,14,15)/t10-/m0/s1. The smallest absolute Gasteiger partial charge is 0.320 e. The van der Waals surface area contributed by atoms with Gasteiger partial charge < -0.3 is 15.7 Å². The molecule has 0 radical (unpaired) electrons. The maximum absolute atomic E-state index is 10.6. The molecule has 1 saturated heterocycles. The lowest BCUT2D eigenvalue weighted by molar-refractivity contribution is -0.138. The zero-order valence-corrected chi connectivity index (χ0v) is 8.39. The number of rotatable bonds is 4. The largest absolute Gasteiger partial charge is 0.480 e. The second-order valence-corrected chi connectivity index (χ2v) is 3.81. The van der Waals surface area contributed by atoms with E-state index in [1.165, 1.54) is 0 Å². The predicted octanol–water partition coefficient (Wildman–Crippen LogP) is 0.461. The number of carbonyl (C=O) groups is 1. The first kappa shape index (κ1) is 9.98. The minimum atomic E-state index is -0.952. The maximum atomic E-state index is 10.6. The third-order valence-corrected chi connectivity index (χ3v) is 2.50. The van der Waals surface area contributed by atoms with E-state index in [9.17, 15) is 4.79 Å². The summed E-state index contributed by atoms with van der Waals surface area (Å²) in [5.41, 5.74) is 7.62. The molecular formula is C11H14N2O2. The lowest BCUT2D eigenvalue weighted by Gasteiger charge is -2.08. The summed E-state index contributed by atoms with van der Waals surface area (Å²) in [6.07, 6.45) is 0.386. The van der Waals surface area contributed by atoms with Crippen LogP contribution in [-0.4, -0.2) is 30.2 Å². The number of benzene rings is 1. The van der Waals surface area contributed by atoms with Crippen molar-refractivity contribution in [1.82, 2.24) is 0 Å². The number of carboxylic acids is 1. The summed E-state index contributed by atoms with van der Waals surface area (Å²) in [4.78, 5) is 12.8. The van der Waals surface area contributed by atoms with Crippen LogP contribution in [0.4, 0.5) is 5.69 Å². The summed E-state index contributed by atoms with van der Waals surface area (Å²) >= 11 is 0. The summed E-state index contributed by atoms with van der Waals surface area (Å²) in [7, 11) is 0. The average molecular weight is 206 g/mol. The van der Waals surface area contributed by atoms with Gasteiger partial charge in [0.25, 0.3) is 0 Å². The highest BCUT2D eigenvalue weighted by molar-refractivity contribution is 5.73. The Labute approximate surface area is 88.3 Å². The second kappa shape index (κ2) is 3.90. The van der Waals surface area contributed by atoms with E-state index in [0.29, 0.717) is 6.42 Å². The van der Waals surface area contributed by atoms with Crippen molar-refractivity contribution in [2.24, 2.45) is 5.73 Å². The molecule has 0 amide bonds. The molecule has 4 nitrogen and oxygen atoms in total. The molecule has 0 spiro atoms. The molecule has 1 fully saturated rings. The van der Waals surface area contributed by atoms with Gasteiger partial charge in [0.15, 0.2) is 0 Å². The minimum absolute atomic E-state index is 0.386. The molecule has 0 aromatic heterocycles. The third-order valence-electron chi connectivity index (χ3n) is 2.50. The Morgan fingerprint density at radius 2 is 2.27 bits per heavy atom. The highest BCUT2D eigenvalue weighted by Crippen LogP contribution is 2.22. The average Bonchev–Trinajstić information content (AvgIpc) is 3.01. The number of hydrogen-bond acceptors (Lipinski definition) is 3. The number of carboxylic acid groups (broad SMARTS) is 1. The molecule has 1 aromatic rings. The van der Waals surface area contributed by atoms with Gasteiger partial charge in [-0.3, -0.25) is 4.79 Å². The van der Waals surface area contributed by atoms with Crippen LogP contribution in [0.15, 0.2) is 24.3 Å². The second-order valence-electron chi connectivity index (χ2n) is 3.81. The molecule has 1 aliphatic heterocycles. The van der Waals surface area contributed by atoms with Crippen LogP contribution in [0.2, 0.25) is 0 Å². The third kappa shape index (κ3) is 2.47. The van der Waals surface area contributed by atoms with Gasteiger partial charge in [-0.05, 0) is 24.1 Å². The lowest BCUT2D eigenvalue weighted by Crippen LogP contribution is -2.32. The van der Waals surface area contributed by atoms with Crippen molar-refractivity contribution in [3.05, 3.63) is 29.8 Å². The fourth-order valence-corrected chi connectivity index (χ4v) is 1.53. The molecule has 0 saturated carbocycles. The van der Waals surface area contributed by atoms with Crippen LogP contribution >= 0.6 is 0 Å². The normalized spacial score (nSPS) is 16.2. The monoisotopic (exact) mass is 206 g/mol. The highest BCUT2D eigenvalue weighted by Gasteiger charge is 2.18. The Bertz CT molecular complexity index is 375. The summed E-state index contributed by atoms with van der Waals surface area (Å²) in [5, 5.41) is 8.70. The molecule has 15 heavy (non-hydrogen) atoms. The molecule has 3 N–H and O–H groups in total. The Balaban J connectivity index is 2.07. The molecule has 80 valence electrons. The van der Waals surface area contributed by atoms with E-state index in [1.807, 2.05) is 24.3 Å². The predicted molar refractivity (Wildman–Crippen MR) is 58.0 cm³/mol. The molecule has 0 bridgehead atoms. The zero-order valence-electron chi connectivity index (χ0n) is 8.39. The summed E-state index contributed by atoms with van der Waals surface area (Å²) in [5.74, 6) is -0.952. The Kier molecular flexibility index (Phi) is 2.60. The molecule has 2 rings (SSSR count). The van der Waals surface area contributed by atoms with Gasteiger partial charge in [0.2, 0.25) is 0 Å². The van der Waals surface area contributed by atoms with Crippen LogP contribution in [0, 0.1) is 0 Å². The van der Waals surface area contributed by atoms with Gasteiger partial charge in [-0.25, -0.2) is 0 Å². The molecule has 4 heteroatoms. The number of nitrogens with zero attached hydrogens (tertiary/aromatic N) is 1. The molecule has 1 atom stereocenters. The van der Waals surface area contributed by atoms with E-state index in [4.69, 9.17) is 10.8 Å². The van der Waals surface area contributed by atoms with E-state index in [-0.39, 0.29) is 0 Å². The lowest BCUT2D eigenvalue weighted by atomic mass is 10.1. The minimum Gasteiger partial charge on any atom is -0.480 e. The zero-order chi connectivity index (χ0) is 10.8. The van der Waals surface area contributed by atoms with E-state index in [2.05, 4.69) is 4.90 Å². The first-order valence-electron chi connectivity index (χ1n) is 4.99. The SMILES string of the molecule is N[C@@H](Cc1cccc(N2CC2)c1)C(=O)O. The van der Waals surface area contributed by atoms with Crippen molar-refractivity contribution in [3.8, 4) is 0 Å². The molecule has 1 aliphatic rings. The van der Waals surface area contributed by atoms with Gasteiger partial charge in [0, 0.05) is 18.8 Å². The fraction of sp³-hybridized carbons (Fsp3) is 0.364. The first-order valence-corrected chi connectivity index (χ1v) is 4.99. The van der Waals surface area contributed by atoms with Gasteiger partial charge in [-0.15, -0.1) is 0 Å². The fourth-order valence-electron chi connectivity index (χ4n) is 1.53. The quantitative estimate of drug-likeness (QED) is 0.702. The van der Waals surface area contributed by atoms with Crippen molar-refractivity contribution in [2.45, 2.75) is 12.5 Å². The van der Waals surface area contributed by atoms with Crippen molar-refractivity contribution in [3.63, 3.8) is 0 Å². The van der Waals surface area contributed by atoms with Crippen LogP contribution in [0.5, 0.6) is 0 Å². The van der Waals surface area contributed by atoms with E-state index in [0.717, 1.165) is 24.3 Å². The van der Waals surface area contributed by atoms with Gasteiger partial charge in [0.05, 0.1) is 0 Å². The van der Waals surface area contributed by atoms with Crippen LogP contribution in [0.25, 0.3) is 0 Å². The summed E-state index contributed by atoms with van der Waals surface area (Å²) < 4.78 is 0. The Hall–Kier alpha value is -1.55. The topological polar surface area (TPSA) is 66.3 Å². The van der Waals surface area contributed by atoms with Crippen LogP contribution in [0.1, 0.15) is 5.56 Å². The number of nitrogens with two attached hydrogens (primary N) is 1. The Morgan fingerprint density at radius 1 is 1.53 bits per heavy atom. The van der Waals surface area contributed by atoms with Gasteiger partial charge in [0.1, 0.15) is 6.04 Å². The molecule has 0 unspecified atom stereocenters. The van der Waals surface area contributed by atoms with Crippen LogP contribution in [0.3, 0.4) is 0 Å². The van der Waals surface area contributed by atoms with Crippen LogP contribution in [-0.2, 0) is 11.2 Å². The van der Waals surface area contributed by atoms with Crippen molar-refractivity contribution < 1.29 is 9.90 Å². The Morgan fingerprint density at radius 3 is 2.87 bits per heavy atom. The van der Waals surface area contributed by atoms with Crippen molar-refractivity contribution in [1.29, 1.82) is 0 Å². The number of hydrogen-bond donors (Lipinski definition) is 2. The highest BCUT2D eigenvalue weighted by atomic mass is 16.4. The number of aliphatic carboxylic acids is 1. The maximum Gasteiger partial charge on any atom is 0.320 e. The van der Waals surface area contributed by atoms with Gasteiger partial charge in [-0.1, -0.05) is 12.1 Å².